The third kappa shape index (κ3) is 4.24. The van der Waals surface area contributed by atoms with Gasteiger partial charge in [-0.05, 0) is 49.2 Å². The molecule has 1 aromatic heterocycles. The quantitative estimate of drug-likeness (QED) is 0.479. The number of hydrogen-bond donors (Lipinski definition) is 2. The fourth-order valence-corrected chi connectivity index (χ4v) is 5.74. The van der Waals surface area contributed by atoms with E-state index in [0.29, 0.717) is 22.9 Å². The Morgan fingerprint density at radius 3 is 2.53 bits per heavy atom. The van der Waals surface area contributed by atoms with Gasteiger partial charge in [-0.25, -0.2) is 0 Å². The van der Waals surface area contributed by atoms with Crippen LogP contribution in [0.15, 0.2) is 48.7 Å². The number of nitrogens with zero attached hydrogens (tertiary/aromatic N) is 2. The van der Waals surface area contributed by atoms with E-state index in [-0.39, 0.29) is 11.9 Å². The first-order chi connectivity index (χ1) is 16.4. The number of benzene rings is 2. The third-order valence-corrected chi connectivity index (χ3v) is 7.83. The number of aromatic amines is 1. The Hall–Kier alpha value is -2.38. The van der Waals surface area contributed by atoms with Gasteiger partial charge in [0.2, 0.25) is 5.91 Å². The van der Waals surface area contributed by atoms with Crippen molar-refractivity contribution in [3.8, 4) is 0 Å². The van der Waals surface area contributed by atoms with Gasteiger partial charge in [0, 0.05) is 53.3 Å². The van der Waals surface area contributed by atoms with Gasteiger partial charge in [-0.2, -0.15) is 0 Å². The minimum Gasteiger partial charge on any atom is -0.361 e. The molecule has 0 unspecified atom stereocenters. The largest absolute Gasteiger partial charge is 0.361 e. The van der Waals surface area contributed by atoms with Gasteiger partial charge in [-0.15, -0.1) is 0 Å². The highest BCUT2D eigenvalue weighted by molar-refractivity contribution is 6.35. The van der Waals surface area contributed by atoms with Crippen molar-refractivity contribution in [3.05, 3.63) is 69.8 Å². The number of fused-ring (bicyclic) bond motifs is 1. The number of carbonyl (C=O) groups is 2. The lowest BCUT2D eigenvalue weighted by Gasteiger charge is -2.40. The van der Waals surface area contributed by atoms with Crippen molar-refractivity contribution >= 4 is 46.3 Å². The third-order valence-electron chi connectivity index (χ3n) is 7.29. The summed E-state index contributed by atoms with van der Waals surface area (Å²) in [5.41, 5.74) is 2.09. The molecule has 6 nitrogen and oxygen atoms in total. The predicted molar refractivity (Wildman–Crippen MR) is 135 cm³/mol. The fraction of sp³-hybridized carbons (Fsp3) is 0.385. The number of nitrogens with one attached hydrogen (secondary N) is 2. The van der Waals surface area contributed by atoms with E-state index in [1.54, 1.807) is 12.1 Å². The van der Waals surface area contributed by atoms with E-state index in [1.807, 2.05) is 30.5 Å². The molecule has 8 heteroatoms. The summed E-state index contributed by atoms with van der Waals surface area (Å²) in [6, 6.07) is 12.3. The Morgan fingerprint density at radius 2 is 1.85 bits per heavy atom. The van der Waals surface area contributed by atoms with E-state index in [9.17, 15) is 9.59 Å². The fourth-order valence-electron chi connectivity index (χ4n) is 5.15. The Bertz CT molecular complexity index is 1210. The Kier molecular flexibility index (Phi) is 6.42. The summed E-state index contributed by atoms with van der Waals surface area (Å²) in [6.45, 7) is 3.44. The number of piperazine rings is 1. The van der Waals surface area contributed by atoms with Crippen LogP contribution in [0.2, 0.25) is 10.0 Å². The van der Waals surface area contributed by atoms with Gasteiger partial charge < -0.3 is 20.0 Å². The first-order valence-electron chi connectivity index (χ1n) is 11.6. The van der Waals surface area contributed by atoms with Crippen molar-refractivity contribution in [2.45, 2.75) is 30.3 Å². The van der Waals surface area contributed by atoms with E-state index < -0.39 is 11.5 Å². The van der Waals surface area contributed by atoms with Crippen LogP contribution in [0.25, 0.3) is 10.9 Å². The van der Waals surface area contributed by atoms with Crippen LogP contribution < -0.4 is 5.32 Å². The van der Waals surface area contributed by atoms with Gasteiger partial charge in [-0.3, -0.25) is 9.69 Å². The van der Waals surface area contributed by atoms with Crippen LogP contribution in [-0.2, 0) is 15.0 Å². The maximum Gasteiger partial charge on any atom is 0.231 e. The van der Waals surface area contributed by atoms with Crippen LogP contribution in [0.4, 0.5) is 0 Å². The average molecular weight is 499 g/mol. The number of hydrogen-bond acceptors (Lipinski definition) is 4. The normalized spacial score (nSPS) is 20.1. The zero-order valence-electron chi connectivity index (χ0n) is 19.1. The molecule has 2 N–H and O–H groups in total. The molecule has 2 aliphatic rings. The maximum absolute atomic E-state index is 13.6. The monoisotopic (exact) mass is 498 g/mol. The molecule has 1 saturated heterocycles. The molecule has 5 rings (SSSR count). The highest BCUT2D eigenvalue weighted by Crippen LogP contribution is 2.51. The molecule has 0 radical (unpaired) electrons. The molecule has 0 spiro atoms. The van der Waals surface area contributed by atoms with Crippen LogP contribution >= 0.6 is 23.2 Å². The number of aromatic nitrogens is 1. The van der Waals surface area contributed by atoms with Gasteiger partial charge in [0.25, 0.3) is 0 Å². The van der Waals surface area contributed by atoms with E-state index >= 15 is 0 Å². The molecule has 0 bridgehead atoms. The average Bonchev–Trinajstić information content (AvgIpc) is 3.53. The van der Waals surface area contributed by atoms with Crippen molar-refractivity contribution in [2.24, 2.45) is 0 Å². The molecular formula is C26H28Cl2N4O2. The summed E-state index contributed by atoms with van der Waals surface area (Å²) in [4.78, 5) is 34.0. The van der Waals surface area contributed by atoms with Crippen molar-refractivity contribution < 1.29 is 9.59 Å². The lowest BCUT2D eigenvalue weighted by Crippen LogP contribution is -2.54. The molecule has 2 fully saturated rings. The van der Waals surface area contributed by atoms with Crippen LogP contribution in [0.3, 0.4) is 0 Å². The molecule has 34 heavy (non-hydrogen) atoms. The summed E-state index contributed by atoms with van der Waals surface area (Å²) >= 11 is 12.5. The SMILES string of the molecule is CN1CCN([C@H](c2c[nH]c3ccccc23)[C@@H](C=O)NC(=O)C2(c3ccc(Cl)cc3Cl)CC2)CC1. The zero-order chi connectivity index (χ0) is 23.9. The lowest BCUT2D eigenvalue weighted by molar-refractivity contribution is -0.127. The topological polar surface area (TPSA) is 68.4 Å². The number of aldehydes is 1. The van der Waals surface area contributed by atoms with E-state index in [0.717, 1.165) is 54.5 Å². The summed E-state index contributed by atoms with van der Waals surface area (Å²) in [7, 11) is 2.10. The molecule has 1 amide bonds. The van der Waals surface area contributed by atoms with Gasteiger partial charge >= 0.3 is 0 Å². The van der Waals surface area contributed by atoms with Crippen LogP contribution in [0, 0.1) is 0 Å². The van der Waals surface area contributed by atoms with Crippen LogP contribution in [-0.4, -0.2) is 66.2 Å². The summed E-state index contributed by atoms with van der Waals surface area (Å²) < 4.78 is 0. The number of halogens is 2. The summed E-state index contributed by atoms with van der Waals surface area (Å²) in [5.74, 6) is -0.159. The second-order valence-electron chi connectivity index (χ2n) is 9.42. The highest BCUT2D eigenvalue weighted by Gasteiger charge is 2.53. The smallest absolute Gasteiger partial charge is 0.231 e. The Morgan fingerprint density at radius 1 is 1.12 bits per heavy atom. The van der Waals surface area contributed by atoms with Crippen molar-refractivity contribution in [1.29, 1.82) is 0 Å². The minimum atomic E-state index is -0.712. The molecule has 1 saturated carbocycles. The molecule has 2 atom stereocenters. The molecular weight excluding hydrogens is 471 g/mol. The highest BCUT2D eigenvalue weighted by atomic mass is 35.5. The number of carbonyl (C=O) groups excluding carboxylic acids is 2. The van der Waals surface area contributed by atoms with Gasteiger partial charge in [0.1, 0.15) is 12.3 Å². The van der Waals surface area contributed by atoms with Gasteiger partial charge in [0.15, 0.2) is 0 Å². The second kappa shape index (κ2) is 9.34. The first-order valence-corrected chi connectivity index (χ1v) is 12.4. The molecule has 3 aromatic rings. The number of likely N-dealkylation sites (N-methyl/N-ethyl adjacent to an activating group) is 1. The number of H-pyrrole nitrogens is 1. The van der Waals surface area contributed by atoms with Crippen LogP contribution in [0.5, 0.6) is 0 Å². The number of rotatable bonds is 7. The summed E-state index contributed by atoms with van der Waals surface area (Å²) in [5, 5.41) is 5.18. The van der Waals surface area contributed by atoms with E-state index in [1.165, 1.54) is 0 Å². The van der Waals surface area contributed by atoms with E-state index in [4.69, 9.17) is 23.2 Å². The first kappa shape index (κ1) is 23.4. The Balaban J connectivity index is 1.47. The standard InChI is InChI=1S/C26H28Cl2N4O2/c1-31-10-12-32(13-11-31)24(19-15-29-22-5-3-2-4-18(19)22)23(16-33)30-25(34)26(8-9-26)20-7-6-17(27)14-21(20)28/h2-7,14-16,23-24,29H,8-13H2,1H3,(H,30,34)/t23-,24-/m1/s1. The number of para-hydroxylation sites is 1. The van der Waals surface area contributed by atoms with Crippen molar-refractivity contribution in [1.82, 2.24) is 20.1 Å². The second-order valence-corrected chi connectivity index (χ2v) is 10.3. The van der Waals surface area contributed by atoms with Crippen molar-refractivity contribution in [2.75, 3.05) is 33.2 Å². The van der Waals surface area contributed by atoms with Gasteiger partial charge in [0.05, 0.1) is 11.5 Å². The summed E-state index contributed by atoms with van der Waals surface area (Å²) in [6.07, 6.45) is 4.23. The lowest BCUT2D eigenvalue weighted by atomic mass is 9.92. The molecule has 1 aliphatic heterocycles. The van der Waals surface area contributed by atoms with E-state index in [2.05, 4.69) is 33.2 Å². The van der Waals surface area contributed by atoms with Gasteiger partial charge in [-0.1, -0.05) is 47.5 Å². The Labute approximate surface area is 209 Å². The molecule has 2 aromatic carbocycles. The maximum atomic E-state index is 13.6. The molecule has 1 aliphatic carbocycles. The predicted octanol–water partition coefficient (Wildman–Crippen LogP) is 4.18. The number of amides is 1. The van der Waals surface area contributed by atoms with Crippen molar-refractivity contribution in [3.63, 3.8) is 0 Å². The minimum absolute atomic E-state index is 0.159. The van der Waals surface area contributed by atoms with Crippen LogP contribution in [0.1, 0.15) is 30.0 Å². The molecule has 2 heterocycles. The zero-order valence-corrected chi connectivity index (χ0v) is 20.6. The molecule has 178 valence electrons.